The van der Waals surface area contributed by atoms with Crippen molar-refractivity contribution in [2.75, 3.05) is 19.7 Å². The molecule has 1 amide bonds. The van der Waals surface area contributed by atoms with Crippen LogP contribution in [0.4, 0.5) is 0 Å². The highest BCUT2D eigenvalue weighted by atomic mass is 35.5. The van der Waals surface area contributed by atoms with Gasteiger partial charge in [0.1, 0.15) is 5.15 Å². The second-order valence-electron chi connectivity index (χ2n) is 5.74. The van der Waals surface area contributed by atoms with E-state index < -0.39 is 0 Å². The number of amides is 1. The van der Waals surface area contributed by atoms with Crippen molar-refractivity contribution in [1.29, 1.82) is 0 Å². The summed E-state index contributed by atoms with van der Waals surface area (Å²) in [6.45, 7) is 8.17. The van der Waals surface area contributed by atoms with Gasteiger partial charge in [0.05, 0.1) is 6.10 Å². The smallest absolute Gasteiger partial charge is 0.254 e. The van der Waals surface area contributed by atoms with Gasteiger partial charge in [0.25, 0.3) is 5.91 Å². The highest BCUT2D eigenvalue weighted by Crippen LogP contribution is 2.20. The molecule has 0 aliphatic carbocycles. The highest BCUT2D eigenvalue weighted by molar-refractivity contribution is 6.29. The molecule has 5 heteroatoms. The third-order valence-corrected chi connectivity index (χ3v) is 3.96. The molecule has 1 aliphatic heterocycles. The lowest BCUT2D eigenvalue weighted by Gasteiger charge is -2.24. The minimum Gasteiger partial charge on any atom is -0.376 e. The first kappa shape index (κ1) is 16.2. The number of halogens is 1. The highest BCUT2D eigenvalue weighted by Gasteiger charge is 2.23. The van der Waals surface area contributed by atoms with Crippen LogP contribution in [0.1, 0.15) is 55.6 Å². The Morgan fingerprint density at radius 1 is 1.52 bits per heavy atom. The molecule has 0 saturated carbocycles. The fraction of sp³-hybridized carbons (Fsp3) is 0.625. The van der Waals surface area contributed by atoms with E-state index in [9.17, 15) is 4.79 Å². The van der Waals surface area contributed by atoms with Gasteiger partial charge >= 0.3 is 0 Å². The third kappa shape index (κ3) is 4.17. The summed E-state index contributed by atoms with van der Waals surface area (Å²) in [6, 6.07) is 3.49. The number of pyridine rings is 1. The molecule has 1 aliphatic rings. The molecule has 1 atom stereocenters. The fourth-order valence-corrected chi connectivity index (χ4v) is 2.72. The molecule has 21 heavy (non-hydrogen) atoms. The Morgan fingerprint density at radius 3 is 2.86 bits per heavy atom. The molecule has 4 nitrogen and oxygen atoms in total. The van der Waals surface area contributed by atoms with E-state index in [1.54, 1.807) is 6.07 Å². The number of likely N-dealkylation sites (N-methyl/N-ethyl adjacent to an activating group) is 1. The number of carbonyl (C=O) groups is 1. The lowest BCUT2D eigenvalue weighted by atomic mass is 10.1. The molecule has 2 heterocycles. The second-order valence-corrected chi connectivity index (χ2v) is 6.12. The minimum absolute atomic E-state index is 0.000741. The maximum Gasteiger partial charge on any atom is 0.254 e. The first-order valence-corrected chi connectivity index (χ1v) is 7.97. The van der Waals surface area contributed by atoms with Crippen LogP contribution in [0.3, 0.4) is 0 Å². The molecule has 1 saturated heterocycles. The largest absolute Gasteiger partial charge is 0.376 e. The van der Waals surface area contributed by atoms with E-state index >= 15 is 0 Å². The van der Waals surface area contributed by atoms with Crippen LogP contribution < -0.4 is 0 Å². The molecule has 0 spiro atoms. The van der Waals surface area contributed by atoms with Gasteiger partial charge in [-0.15, -0.1) is 0 Å². The number of nitrogens with zero attached hydrogens (tertiary/aromatic N) is 2. The lowest BCUT2D eigenvalue weighted by Crippen LogP contribution is -2.37. The van der Waals surface area contributed by atoms with E-state index in [0.29, 0.717) is 23.8 Å². The minimum atomic E-state index is -0.000741. The predicted molar refractivity (Wildman–Crippen MR) is 83.9 cm³/mol. The average molecular weight is 311 g/mol. The molecule has 0 N–H and O–H groups in total. The van der Waals surface area contributed by atoms with Gasteiger partial charge in [0.2, 0.25) is 0 Å². The Kier molecular flexibility index (Phi) is 5.59. The van der Waals surface area contributed by atoms with Gasteiger partial charge in [0.15, 0.2) is 0 Å². The fourth-order valence-electron chi connectivity index (χ4n) is 2.51. The summed E-state index contributed by atoms with van der Waals surface area (Å²) >= 11 is 6.05. The van der Waals surface area contributed by atoms with Gasteiger partial charge in [-0.1, -0.05) is 25.4 Å². The van der Waals surface area contributed by atoms with Crippen molar-refractivity contribution in [3.8, 4) is 0 Å². The average Bonchev–Trinajstić information content (AvgIpc) is 2.96. The van der Waals surface area contributed by atoms with Crippen molar-refractivity contribution in [3.05, 3.63) is 28.5 Å². The summed E-state index contributed by atoms with van der Waals surface area (Å²) in [7, 11) is 0. The zero-order chi connectivity index (χ0) is 15.4. The molecule has 0 bridgehead atoms. The van der Waals surface area contributed by atoms with Gasteiger partial charge in [0, 0.05) is 31.0 Å². The van der Waals surface area contributed by atoms with E-state index in [-0.39, 0.29) is 17.9 Å². The summed E-state index contributed by atoms with van der Waals surface area (Å²) in [5.74, 6) is 0.239. The van der Waals surface area contributed by atoms with Crippen molar-refractivity contribution < 1.29 is 9.53 Å². The quantitative estimate of drug-likeness (QED) is 0.782. The first-order valence-electron chi connectivity index (χ1n) is 7.59. The van der Waals surface area contributed by atoms with Crippen LogP contribution in [-0.4, -0.2) is 41.6 Å². The van der Waals surface area contributed by atoms with Gasteiger partial charge in [-0.3, -0.25) is 4.79 Å². The molecule has 0 radical (unpaired) electrons. The zero-order valence-corrected chi connectivity index (χ0v) is 13.7. The molecule has 1 fully saturated rings. The van der Waals surface area contributed by atoms with E-state index in [1.807, 2.05) is 31.7 Å². The van der Waals surface area contributed by atoms with Crippen LogP contribution >= 0.6 is 11.6 Å². The number of rotatable bonds is 5. The van der Waals surface area contributed by atoms with Crippen LogP contribution in [0.5, 0.6) is 0 Å². The maximum atomic E-state index is 12.7. The number of hydrogen-bond donors (Lipinski definition) is 0. The Hall–Kier alpha value is -1.13. The van der Waals surface area contributed by atoms with E-state index in [1.165, 1.54) is 0 Å². The normalized spacial score (nSPS) is 18.2. The molecular weight excluding hydrogens is 288 g/mol. The van der Waals surface area contributed by atoms with Crippen LogP contribution in [0.2, 0.25) is 5.15 Å². The number of ether oxygens (including phenoxy) is 1. The summed E-state index contributed by atoms with van der Waals surface area (Å²) in [5.41, 5.74) is 1.46. The molecule has 2 rings (SSSR count). The van der Waals surface area contributed by atoms with E-state index in [0.717, 1.165) is 25.1 Å². The molecular formula is C16H23ClN2O2. The van der Waals surface area contributed by atoms with Gasteiger partial charge in [-0.2, -0.15) is 0 Å². The van der Waals surface area contributed by atoms with Crippen molar-refractivity contribution in [1.82, 2.24) is 9.88 Å². The Bertz CT molecular complexity index is 499. The number of carbonyl (C=O) groups excluding carboxylic acids is 1. The lowest BCUT2D eigenvalue weighted by molar-refractivity contribution is 0.0539. The topological polar surface area (TPSA) is 42.4 Å². The van der Waals surface area contributed by atoms with Crippen molar-refractivity contribution >= 4 is 17.5 Å². The summed E-state index contributed by atoms with van der Waals surface area (Å²) in [6.07, 6.45) is 2.27. The molecule has 0 aromatic carbocycles. The van der Waals surface area contributed by atoms with Crippen molar-refractivity contribution in [2.45, 2.75) is 45.6 Å². The van der Waals surface area contributed by atoms with E-state index in [2.05, 4.69) is 4.98 Å². The first-order chi connectivity index (χ1) is 10.0. The zero-order valence-electron chi connectivity index (χ0n) is 12.9. The summed E-state index contributed by atoms with van der Waals surface area (Å²) in [4.78, 5) is 18.8. The predicted octanol–water partition coefficient (Wildman–Crippen LogP) is 3.50. The van der Waals surface area contributed by atoms with Crippen LogP contribution in [0.25, 0.3) is 0 Å². The molecule has 116 valence electrons. The van der Waals surface area contributed by atoms with Crippen molar-refractivity contribution in [2.24, 2.45) is 0 Å². The van der Waals surface area contributed by atoms with Crippen LogP contribution in [-0.2, 0) is 4.74 Å². The maximum absolute atomic E-state index is 12.7. The SMILES string of the molecule is CCN(CC1CCCO1)C(=O)c1cc(Cl)nc(C(C)C)c1. The Balaban J connectivity index is 2.16. The number of hydrogen-bond acceptors (Lipinski definition) is 3. The second kappa shape index (κ2) is 7.23. The Morgan fingerprint density at radius 2 is 2.29 bits per heavy atom. The summed E-state index contributed by atoms with van der Waals surface area (Å²) < 4.78 is 5.62. The molecule has 1 unspecified atom stereocenters. The van der Waals surface area contributed by atoms with Gasteiger partial charge in [-0.05, 0) is 37.8 Å². The standard InChI is InChI=1S/C16H23ClN2O2/c1-4-19(10-13-6-5-7-21-13)16(20)12-8-14(11(2)3)18-15(17)9-12/h8-9,11,13H,4-7,10H2,1-3H3. The molecule has 1 aromatic heterocycles. The summed E-state index contributed by atoms with van der Waals surface area (Å²) in [5, 5.41) is 0.373. The monoisotopic (exact) mass is 310 g/mol. The van der Waals surface area contributed by atoms with Gasteiger partial charge < -0.3 is 9.64 Å². The van der Waals surface area contributed by atoms with Crippen LogP contribution in [0.15, 0.2) is 12.1 Å². The molecule has 1 aromatic rings. The van der Waals surface area contributed by atoms with Gasteiger partial charge in [-0.25, -0.2) is 4.98 Å². The number of aromatic nitrogens is 1. The third-order valence-electron chi connectivity index (χ3n) is 3.77. The van der Waals surface area contributed by atoms with Crippen molar-refractivity contribution in [3.63, 3.8) is 0 Å². The van der Waals surface area contributed by atoms with Crippen LogP contribution in [0, 0.1) is 0 Å². The Labute approximate surface area is 131 Å². The van der Waals surface area contributed by atoms with E-state index in [4.69, 9.17) is 16.3 Å².